The van der Waals surface area contributed by atoms with Gasteiger partial charge in [-0.2, -0.15) is 9.67 Å². The van der Waals surface area contributed by atoms with Gasteiger partial charge in [0.15, 0.2) is 11.2 Å². The predicted octanol–water partition coefficient (Wildman–Crippen LogP) is 1.35. The maximum absolute atomic E-state index is 11.4. The summed E-state index contributed by atoms with van der Waals surface area (Å²) in [5, 5.41) is 11.3. The molecular weight excluding hydrogens is 420 g/mol. The molecule has 0 fully saturated rings. The summed E-state index contributed by atoms with van der Waals surface area (Å²) < 4.78 is 26.8. The number of nitrogens with zero attached hydrogens (tertiary/aromatic N) is 5. The van der Waals surface area contributed by atoms with Crippen LogP contribution >= 0.6 is 0 Å². The first kappa shape index (κ1) is 20.2. The molecule has 0 spiro atoms. The summed E-state index contributed by atoms with van der Waals surface area (Å²) in [6.07, 6.45) is 2.72. The van der Waals surface area contributed by atoms with Gasteiger partial charge < -0.3 is 11.1 Å². The van der Waals surface area contributed by atoms with Crippen molar-refractivity contribution in [2.75, 3.05) is 16.3 Å². The number of benzene rings is 2. The van der Waals surface area contributed by atoms with E-state index in [9.17, 15) is 13.2 Å². The quantitative estimate of drug-likeness (QED) is 0.390. The van der Waals surface area contributed by atoms with Crippen molar-refractivity contribution in [2.24, 2.45) is 5.73 Å². The van der Waals surface area contributed by atoms with Crippen LogP contribution in [0.5, 0.6) is 0 Å². The van der Waals surface area contributed by atoms with Gasteiger partial charge >= 0.3 is 0 Å². The Kier molecular flexibility index (Phi) is 5.21. The van der Waals surface area contributed by atoms with E-state index in [4.69, 9.17) is 5.73 Å². The molecule has 12 heteroatoms. The molecule has 2 heterocycles. The van der Waals surface area contributed by atoms with E-state index in [2.05, 4.69) is 30.3 Å². The highest BCUT2D eigenvalue weighted by molar-refractivity contribution is 7.92. The van der Waals surface area contributed by atoms with Crippen molar-refractivity contribution in [3.63, 3.8) is 0 Å². The van der Waals surface area contributed by atoms with Gasteiger partial charge in [0.2, 0.25) is 21.9 Å². The monoisotopic (exact) mass is 438 g/mol. The summed E-state index contributed by atoms with van der Waals surface area (Å²) >= 11 is 0. The van der Waals surface area contributed by atoms with E-state index in [1.165, 1.54) is 10.9 Å². The van der Waals surface area contributed by atoms with E-state index in [1.807, 2.05) is 6.07 Å². The van der Waals surface area contributed by atoms with Crippen molar-refractivity contribution in [1.82, 2.24) is 25.0 Å². The van der Waals surface area contributed by atoms with Gasteiger partial charge in [0.05, 0.1) is 30.2 Å². The summed E-state index contributed by atoms with van der Waals surface area (Å²) in [5.74, 6) is -0.150. The fourth-order valence-corrected chi connectivity index (χ4v) is 3.52. The Labute approximate surface area is 177 Å². The Morgan fingerprint density at radius 3 is 2.68 bits per heavy atom. The maximum atomic E-state index is 11.4. The van der Waals surface area contributed by atoms with Crippen LogP contribution in [0.1, 0.15) is 5.56 Å². The SMILES string of the molecule is CS(=O)(=O)Nc1cccc(Nc2ncc3nnn(-c4cccc(CC(N)=O)c4)c3n2)c1. The van der Waals surface area contributed by atoms with Crippen LogP contribution in [-0.2, 0) is 21.2 Å². The first-order valence-electron chi connectivity index (χ1n) is 9.08. The maximum Gasteiger partial charge on any atom is 0.229 e. The molecule has 4 N–H and O–H groups in total. The van der Waals surface area contributed by atoms with Crippen molar-refractivity contribution in [2.45, 2.75) is 6.42 Å². The largest absolute Gasteiger partial charge is 0.369 e. The number of carbonyl (C=O) groups excluding carboxylic acids is 1. The third kappa shape index (κ3) is 4.93. The molecule has 158 valence electrons. The number of amides is 1. The number of nitrogens with one attached hydrogen (secondary N) is 2. The van der Waals surface area contributed by atoms with Gasteiger partial charge in [-0.3, -0.25) is 9.52 Å². The molecular formula is C19H18N8O3S. The van der Waals surface area contributed by atoms with Crippen LogP contribution in [0.2, 0.25) is 0 Å². The molecule has 0 bridgehead atoms. The van der Waals surface area contributed by atoms with Crippen molar-refractivity contribution in [1.29, 1.82) is 0 Å². The van der Waals surface area contributed by atoms with Crippen molar-refractivity contribution >= 4 is 44.4 Å². The molecule has 0 aliphatic rings. The normalized spacial score (nSPS) is 11.4. The molecule has 0 unspecified atom stereocenters. The first-order valence-corrected chi connectivity index (χ1v) is 11.0. The zero-order valence-electron chi connectivity index (χ0n) is 16.3. The Morgan fingerprint density at radius 1 is 1.13 bits per heavy atom. The minimum atomic E-state index is -3.39. The lowest BCUT2D eigenvalue weighted by Gasteiger charge is -2.08. The van der Waals surface area contributed by atoms with Crippen LogP contribution in [0.15, 0.2) is 54.7 Å². The fourth-order valence-electron chi connectivity index (χ4n) is 2.97. The molecule has 0 saturated heterocycles. The van der Waals surface area contributed by atoms with Crippen LogP contribution in [0.25, 0.3) is 16.9 Å². The third-order valence-corrected chi connectivity index (χ3v) is 4.75. The molecule has 0 radical (unpaired) electrons. The van der Waals surface area contributed by atoms with Crippen molar-refractivity contribution in [3.8, 4) is 5.69 Å². The van der Waals surface area contributed by atoms with E-state index < -0.39 is 15.9 Å². The van der Waals surface area contributed by atoms with Crippen LogP contribution in [0.3, 0.4) is 0 Å². The zero-order chi connectivity index (χ0) is 22.0. The number of rotatable bonds is 7. The van der Waals surface area contributed by atoms with E-state index in [-0.39, 0.29) is 12.4 Å². The second-order valence-corrected chi connectivity index (χ2v) is 8.55. The summed E-state index contributed by atoms with van der Waals surface area (Å²) in [7, 11) is -3.39. The lowest BCUT2D eigenvalue weighted by Crippen LogP contribution is -2.13. The minimum absolute atomic E-state index is 0.111. The highest BCUT2D eigenvalue weighted by Gasteiger charge is 2.12. The second-order valence-electron chi connectivity index (χ2n) is 6.80. The fraction of sp³-hybridized carbons (Fsp3) is 0.105. The number of aromatic nitrogens is 5. The molecule has 2 aromatic heterocycles. The van der Waals surface area contributed by atoms with Gasteiger partial charge in [-0.15, -0.1) is 5.10 Å². The van der Waals surface area contributed by atoms with Gasteiger partial charge in [0.1, 0.15) is 0 Å². The number of sulfonamides is 1. The van der Waals surface area contributed by atoms with Crippen LogP contribution < -0.4 is 15.8 Å². The molecule has 31 heavy (non-hydrogen) atoms. The van der Waals surface area contributed by atoms with E-state index in [1.54, 1.807) is 42.5 Å². The molecule has 0 aliphatic carbocycles. The second kappa shape index (κ2) is 7.99. The number of carbonyl (C=O) groups is 1. The average Bonchev–Trinajstić information content (AvgIpc) is 3.10. The lowest BCUT2D eigenvalue weighted by atomic mass is 10.1. The Hall–Kier alpha value is -4.06. The van der Waals surface area contributed by atoms with Crippen LogP contribution in [-0.4, -0.2) is 45.5 Å². The topological polar surface area (TPSA) is 158 Å². The van der Waals surface area contributed by atoms with Gasteiger partial charge in [-0.1, -0.05) is 23.4 Å². The number of anilines is 3. The molecule has 4 rings (SSSR count). The van der Waals surface area contributed by atoms with Crippen LogP contribution in [0, 0.1) is 0 Å². The Balaban J connectivity index is 1.65. The van der Waals surface area contributed by atoms with Crippen molar-refractivity contribution < 1.29 is 13.2 Å². The molecule has 11 nitrogen and oxygen atoms in total. The van der Waals surface area contributed by atoms with Crippen LogP contribution in [0.4, 0.5) is 17.3 Å². The first-order chi connectivity index (χ1) is 14.8. The molecule has 2 aromatic carbocycles. The Morgan fingerprint density at radius 2 is 1.90 bits per heavy atom. The van der Waals surface area contributed by atoms with Crippen molar-refractivity contribution in [3.05, 3.63) is 60.3 Å². The molecule has 1 amide bonds. The van der Waals surface area contributed by atoms with Gasteiger partial charge in [-0.05, 0) is 35.9 Å². The number of primary amides is 1. The van der Waals surface area contributed by atoms with E-state index in [0.717, 1.165) is 11.8 Å². The van der Waals surface area contributed by atoms with E-state index >= 15 is 0 Å². The van der Waals surface area contributed by atoms with Gasteiger partial charge in [0, 0.05) is 5.69 Å². The number of hydrogen-bond donors (Lipinski definition) is 3. The summed E-state index contributed by atoms with van der Waals surface area (Å²) in [6, 6.07) is 13.9. The average molecular weight is 438 g/mol. The number of nitrogens with two attached hydrogens (primary N) is 1. The molecule has 0 aliphatic heterocycles. The lowest BCUT2D eigenvalue weighted by molar-refractivity contribution is -0.117. The van der Waals surface area contributed by atoms with Gasteiger partial charge in [-0.25, -0.2) is 13.4 Å². The van der Waals surface area contributed by atoms with E-state index in [0.29, 0.717) is 28.2 Å². The number of hydrogen-bond acceptors (Lipinski definition) is 8. The molecule has 0 atom stereocenters. The summed E-state index contributed by atoms with van der Waals surface area (Å²) in [6.45, 7) is 0. The highest BCUT2D eigenvalue weighted by atomic mass is 32.2. The Bertz CT molecular complexity index is 1380. The van der Waals surface area contributed by atoms with Gasteiger partial charge in [0.25, 0.3) is 0 Å². The standard InChI is InChI=1S/C19H18N8O3S/c1-31(29,30)25-14-6-3-5-13(10-14)22-19-21-11-16-18(23-19)27(26-24-16)15-7-2-4-12(8-15)9-17(20)28/h2-8,10-11,25H,9H2,1H3,(H2,20,28)(H,21,22,23). The number of fused-ring (bicyclic) bond motifs is 1. The third-order valence-electron chi connectivity index (χ3n) is 4.15. The summed E-state index contributed by atoms with van der Waals surface area (Å²) in [4.78, 5) is 19.9. The highest BCUT2D eigenvalue weighted by Crippen LogP contribution is 2.21. The summed E-state index contributed by atoms with van der Waals surface area (Å²) in [5.41, 5.74) is 8.64. The molecule has 0 saturated carbocycles. The molecule has 4 aromatic rings. The minimum Gasteiger partial charge on any atom is -0.369 e. The zero-order valence-corrected chi connectivity index (χ0v) is 17.2. The predicted molar refractivity (Wildman–Crippen MR) is 116 cm³/mol. The smallest absolute Gasteiger partial charge is 0.229 e.